The van der Waals surface area contributed by atoms with Crippen LogP contribution < -0.4 is 10.6 Å². The summed E-state index contributed by atoms with van der Waals surface area (Å²) in [5, 5.41) is 7.34. The smallest absolute Gasteiger partial charge is 0.0620 e. The first-order valence-electron chi connectivity index (χ1n) is 7.83. The molecule has 2 unspecified atom stereocenters. The van der Waals surface area contributed by atoms with Crippen LogP contribution in [0, 0.1) is 5.92 Å². The molecule has 2 fully saturated rings. The zero-order valence-electron chi connectivity index (χ0n) is 12.1. The van der Waals surface area contributed by atoms with Crippen molar-refractivity contribution < 1.29 is 4.74 Å². The third kappa shape index (κ3) is 4.52. The van der Waals surface area contributed by atoms with Gasteiger partial charge in [0.15, 0.2) is 0 Å². The molecule has 3 nitrogen and oxygen atoms in total. The van der Waals surface area contributed by atoms with Gasteiger partial charge in [-0.1, -0.05) is 19.3 Å². The van der Waals surface area contributed by atoms with E-state index < -0.39 is 0 Å². The Kier molecular flexibility index (Phi) is 5.93. The highest BCUT2D eigenvalue weighted by molar-refractivity contribution is 4.81. The molecule has 0 aromatic carbocycles. The van der Waals surface area contributed by atoms with Gasteiger partial charge in [-0.2, -0.15) is 0 Å². The Morgan fingerprint density at radius 1 is 1.22 bits per heavy atom. The van der Waals surface area contributed by atoms with Gasteiger partial charge in [-0.3, -0.25) is 0 Å². The van der Waals surface area contributed by atoms with E-state index >= 15 is 0 Å². The van der Waals surface area contributed by atoms with Crippen LogP contribution in [0.25, 0.3) is 0 Å². The van der Waals surface area contributed by atoms with Crippen LogP contribution in [0.15, 0.2) is 0 Å². The van der Waals surface area contributed by atoms with Crippen LogP contribution in [0.5, 0.6) is 0 Å². The van der Waals surface area contributed by atoms with Crippen LogP contribution in [0.4, 0.5) is 0 Å². The molecule has 3 atom stereocenters. The van der Waals surface area contributed by atoms with E-state index in [0.29, 0.717) is 18.1 Å². The van der Waals surface area contributed by atoms with Gasteiger partial charge in [0.05, 0.1) is 13.2 Å². The van der Waals surface area contributed by atoms with Gasteiger partial charge in [-0.25, -0.2) is 0 Å². The van der Waals surface area contributed by atoms with Gasteiger partial charge in [0.2, 0.25) is 0 Å². The molecule has 0 bridgehead atoms. The molecular weight excluding hydrogens is 224 g/mol. The molecule has 1 saturated heterocycles. The molecule has 0 radical (unpaired) electrons. The third-order valence-corrected chi connectivity index (χ3v) is 4.54. The number of ether oxygens (including phenoxy) is 1. The molecule has 1 saturated carbocycles. The average Bonchev–Trinajstić information content (AvgIpc) is 2.40. The summed E-state index contributed by atoms with van der Waals surface area (Å²) in [6, 6.07) is 1.80. The van der Waals surface area contributed by atoms with Gasteiger partial charge < -0.3 is 15.4 Å². The first kappa shape index (κ1) is 14.3. The van der Waals surface area contributed by atoms with Crippen molar-refractivity contribution in [2.24, 2.45) is 5.92 Å². The molecule has 3 heteroatoms. The molecule has 2 aliphatic rings. The Balaban J connectivity index is 1.67. The monoisotopic (exact) mass is 254 g/mol. The SMILES string of the molecule is CC(CC1COCCN1)N[C@H](C)C1CCCCC1. The molecular formula is C15H30N2O. The number of rotatable bonds is 5. The van der Waals surface area contributed by atoms with E-state index in [0.717, 1.165) is 25.7 Å². The predicted octanol–water partition coefficient (Wildman–Crippen LogP) is 2.31. The largest absolute Gasteiger partial charge is 0.379 e. The molecule has 2 N–H and O–H groups in total. The second kappa shape index (κ2) is 7.46. The summed E-state index contributed by atoms with van der Waals surface area (Å²) >= 11 is 0. The molecule has 1 aliphatic carbocycles. The van der Waals surface area contributed by atoms with E-state index in [-0.39, 0.29) is 0 Å². The van der Waals surface area contributed by atoms with Gasteiger partial charge in [0, 0.05) is 24.7 Å². The van der Waals surface area contributed by atoms with Crippen molar-refractivity contribution in [3.05, 3.63) is 0 Å². The summed E-state index contributed by atoms with van der Waals surface area (Å²) in [7, 11) is 0. The van der Waals surface area contributed by atoms with Crippen molar-refractivity contribution in [1.29, 1.82) is 0 Å². The Morgan fingerprint density at radius 2 is 2.00 bits per heavy atom. The maximum Gasteiger partial charge on any atom is 0.0620 e. The Bertz CT molecular complexity index is 223. The van der Waals surface area contributed by atoms with Crippen LogP contribution in [0.3, 0.4) is 0 Å². The van der Waals surface area contributed by atoms with Crippen molar-refractivity contribution in [3.63, 3.8) is 0 Å². The van der Waals surface area contributed by atoms with Crippen molar-refractivity contribution >= 4 is 0 Å². The molecule has 0 aromatic rings. The lowest BCUT2D eigenvalue weighted by molar-refractivity contribution is 0.0702. The second-order valence-electron chi connectivity index (χ2n) is 6.22. The predicted molar refractivity (Wildman–Crippen MR) is 75.9 cm³/mol. The zero-order valence-corrected chi connectivity index (χ0v) is 12.1. The highest BCUT2D eigenvalue weighted by Crippen LogP contribution is 2.26. The summed E-state index contributed by atoms with van der Waals surface area (Å²) in [5.41, 5.74) is 0. The van der Waals surface area contributed by atoms with Crippen molar-refractivity contribution in [1.82, 2.24) is 10.6 Å². The molecule has 2 rings (SSSR count). The Morgan fingerprint density at radius 3 is 2.67 bits per heavy atom. The minimum Gasteiger partial charge on any atom is -0.379 e. The fourth-order valence-corrected chi connectivity index (χ4v) is 3.48. The summed E-state index contributed by atoms with van der Waals surface area (Å²) < 4.78 is 5.51. The third-order valence-electron chi connectivity index (χ3n) is 4.54. The Labute approximate surface area is 112 Å². The van der Waals surface area contributed by atoms with Gasteiger partial charge >= 0.3 is 0 Å². The zero-order chi connectivity index (χ0) is 12.8. The van der Waals surface area contributed by atoms with E-state index in [1.54, 1.807) is 0 Å². The van der Waals surface area contributed by atoms with Crippen molar-refractivity contribution in [2.45, 2.75) is 70.5 Å². The van der Waals surface area contributed by atoms with Crippen LogP contribution in [0.2, 0.25) is 0 Å². The van der Waals surface area contributed by atoms with E-state index in [2.05, 4.69) is 24.5 Å². The van der Waals surface area contributed by atoms with E-state index in [1.165, 1.54) is 38.5 Å². The van der Waals surface area contributed by atoms with Gasteiger partial charge in [0.1, 0.15) is 0 Å². The van der Waals surface area contributed by atoms with Gasteiger partial charge in [0.25, 0.3) is 0 Å². The topological polar surface area (TPSA) is 33.3 Å². The lowest BCUT2D eigenvalue weighted by atomic mass is 9.84. The molecule has 106 valence electrons. The summed E-state index contributed by atoms with van der Waals surface area (Å²) in [5.74, 6) is 0.900. The molecule has 0 aromatic heterocycles. The first-order valence-corrected chi connectivity index (χ1v) is 7.83. The van der Waals surface area contributed by atoms with Crippen LogP contribution in [-0.4, -0.2) is 37.9 Å². The van der Waals surface area contributed by atoms with E-state index in [9.17, 15) is 0 Å². The van der Waals surface area contributed by atoms with Crippen LogP contribution >= 0.6 is 0 Å². The van der Waals surface area contributed by atoms with Crippen LogP contribution in [0.1, 0.15) is 52.4 Å². The lowest BCUT2D eigenvalue weighted by Crippen LogP contribution is -2.47. The van der Waals surface area contributed by atoms with Crippen LogP contribution in [-0.2, 0) is 4.74 Å². The number of hydrogen-bond donors (Lipinski definition) is 2. The molecule has 0 amide bonds. The molecule has 1 heterocycles. The van der Waals surface area contributed by atoms with Crippen molar-refractivity contribution in [3.8, 4) is 0 Å². The molecule has 0 spiro atoms. The fraction of sp³-hybridized carbons (Fsp3) is 1.00. The second-order valence-corrected chi connectivity index (χ2v) is 6.22. The highest BCUT2D eigenvalue weighted by atomic mass is 16.5. The number of nitrogens with one attached hydrogen (secondary N) is 2. The van der Waals surface area contributed by atoms with Gasteiger partial charge in [-0.15, -0.1) is 0 Å². The Hall–Kier alpha value is -0.120. The normalized spacial score (nSPS) is 30.0. The first-order chi connectivity index (χ1) is 8.75. The van der Waals surface area contributed by atoms with E-state index in [4.69, 9.17) is 4.74 Å². The standard InChI is InChI=1S/C15H30N2O/c1-12(10-15-11-18-9-8-16-15)17-13(2)14-6-4-3-5-7-14/h12-17H,3-11H2,1-2H3/t12?,13-,15?/m1/s1. The summed E-state index contributed by atoms with van der Waals surface area (Å²) in [4.78, 5) is 0. The quantitative estimate of drug-likeness (QED) is 0.790. The van der Waals surface area contributed by atoms with Gasteiger partial charge in [-0.05, 0) is 39.0 Å². The molecule has 18 heavy (non-hydrogen) atoms. The highest BCUT2D eigenvalue weighted by Gasteiger charge is 2.22. The summed E-state index contributed by atoms with van der Waals surface area (Å²) in [6.45, 7) is 7.45. The number of hydrogen-bond acceptors (Lipinski definition) is 3. The lowest BCUT2D eigenvalue weighted by Gasteiger charge is -2.32. The fourth-order valence-electron chi connectivity index (χ4n) is 3.48. The average molecular weight is 254 g/mol. The molecule has 1 aliphatic heterocycles. The minimum absolute atomic E-state index is 0.541. The maximum absolute atomic E-state index is 5.51. The minimum atomic E-state index is 0.541. The summed E-state index contributed by atoms with van der Waals surface area (Å²) in [6.07, 6.45) is 8.34. The van der Waals surface area contributed by atoms with E-state index in [1.807, 2.05) is 0 Å². The maximum atomic E-state index is 5.51. The number of morpholine rings is 1. The van der Waals surface area contributed by atoms with Crippen molar-refractivity contribution in [2.75, 3.05) is 19.8 Å².